The van der Waals surface area contributed by atoms with Crippen molar-refractivity contribution in [2.75, 3.05) is 26.2 Å². The van der Waals surface area contributed by atoms with Gasteiger partial charge in [-0.2, -0.15) is 0 Å². The van der Waals surface area contributed by atoms with Crippen LogP contribution in [0.5, 0.6) is 0 Å². The Morgan fingerprint density at radius 1 is 0.970 bits per heavy atom. The molecule has 1 amide bonds. The number of nitrogens with one attached hydrogen (secondary N) is 1. The van der Waals surface area contributed by atoms with Gasteiger partial charge in [0.1, 0.15) is 5.76 Å². The smallest absolute Gasteiger partial charge is 0.286 e. The summed E-state index contributed by atoms with van der Waals surface area (Å²) in [6.07, 6.45) is 4.57. The number of hydrogen-bond donors (Lipinski definition) is 1. The molecule has 4 rings (SSSR count). The summed E-state index contributed by atoms with van der Waals surface area (Å²) in [6, 6.07) is 23.4. The van der Waals surface area contributed by atoms with Gasteiger partial charge in [-0.25, -0.2) is 0 Å². The molecule has 3 aromatic rings. The highest BCUT2D eigenvalue weighted by atomic mass is 32.2. The maximum absolute atomic E-state index is 12.4. The minimum atomic E-state index is -1.19. The standard InChI is InChI=1S/C27H32N2O3S/c30-27(26-13-12-24(32-26)21-33(31)25-10-5-2-6-11-25)28-16-7-17-29-18-14-23(15-19-29)20-22-8-3-1-4-9-22/h1-6,8-13,23H,7,14-21H2,(H,28,30)/t33-/m0/s1. The van der Waals surface area contributed by atoms with Crippen LogP contribution in [0.4, 0.5) is 0 Å². The Hall–Kier alpha value is -2.70. The van der Waals surface area contributed by atoms with E-state index in [1.165, 1.54) is 24.8 Å². The number of furan rings is 1. The summed E-state index contributed by atoms with van der Waals surface area (Å²) in [5.41, 5.74) is 1.44. The van der Waals surface area contributed by atoms with E-state index < -0.39 is 10.8 Å². The lowest BCUT2D eigenvalue weighted by Crippen LogP contribution is -2.36. The Morgan fingerprint density at radius 2 is 1.67 bits per heavy atom. The van der Waals surface area contributed by atoms with Gasteiger partial charge in [0.25, 0.3) is 5.91 Å². The largest absolute Gasteiger partial charge is 0.455 e. The Bertz CT molecular complexity index is 1030. The molecule has 0 aliphatic carbocycles. The zero-order valence-electron chi connectivity index (χ0n) is 18.9. The first kappa shape index (κ1) is 23.5. The molecule has 1 atom stereocenters. The third-order valence-electron chi connectivity index (χ3n) is 6.18. The molecular formula is C27H32N2O3S. The van der Waals surface area contributed by atoms with Crippen LogP contribution in [0.15, 0.2) is 82.1 Å². The summed E-state index contributed by atoms with van der Waals surface area (Å²) in [5, 5.41) is 2.94. The van der Waals surface area contributed by atoms with Gasteiger partial charge >= 0.3 is 0 Å². The van der Waals surface area contributed by atoms with Crippen LogP contribution in [0, 0.1) is 5.92 Å². The van der Waals surface area contributed by atoms with E-state index in [1.54, 1.807) is 12.1 Å². The molecule has 1 aromatic heterocycles. The van der Waals surface area contributed by atoms with Crippen LogP contribution < -0.4 is 5.32 Å². The molecule has 2 heterocycles. The number of hydrogen-bond acceptors (Lipinski definition) is 4. The number of carbonyl (C=O) groups is 1. The monoisotopic (exact) mass is 464 g/mol. The van der Waals surface area contributed by atoms with Crippen molar-refractivity contribution < 1.29 is 13.4 Å². The second-order valence-electron chi connectivity index (χ2n) is 8.65. The minimum absolute atomic E-state index is 0.215. The quantitative estimate of drug-likeness (QED) is 0.443. The Balaban J connectivity index is 1.12. The Morgan fingerprint density at radius 3 is 2.39 bits per heavy atom. The van der Waals surface area contributed by atoms with E-state index in [4.69, 9.17) is 4.42 Å². The van der Waals surface area contributed by atoms with Crippen LogP contribution in [-0.2, 0) is 23.0 Å². The van der Waals surface area contributed by atoms with E-state index in [0.29, 0.717) is 12.3 Å². The number of carbonyl (C=O) groups excluding carboxylic acids is 1. The molecule has 1 aliphatic heterocycles. The molecule has 174 valence electrons. The van der Waals surface area contributed by atoms with Crippen molar-refractivity contribution in [3.8, 4) is 0 Å². The van der Waals surface area contributed by atoms with Crippen molar-refractivity contribution in [2.24, 2.45) is 5.92 Å². The molecule has 6 heteroatoms. The molecule has 1 fully saturated rings. The predicted octanol–water partition coefficient (Wildman–Crippen LogP) is 4.66. The molecule has 1 N–H and O–H groups in total. The lowest BCUT2D eigenvalue weighted by Gasteiger charge is -2.32. The fourth-order valence-electron chi connectivity index (χ4n) is 4.32. The second kappa shape index (κ2) is 12.0. The van der Waals surface area contributed by atoms with Crippen LogP contribution in [0.2, 0.25) is 0 Å². The summed E-state index contributed by atoms with van der Waals surface area (Å²) < 4.78 is 18.0. The Labute approximate surface area is 198 Å². The fourth-order valence-corrected chi connectivity index (χ4v) is 5.36. The molecule has 0 bridgehead atoms. The van der Waals surface area contributed by atoms with Gasteiger partial charge in [0.05, 0.1) is 16.6 Å². The zero-order chi connectivity index (χ0) is 22.9. The number of nitrogens with zero attached hydrogens (tertiary/aromatic N) is 1. The molecule has 0 saturated carbocycles. The maximum Gasteiger partial charge on any atom is 0.286 e. The lowest BCUT2D eigenvalue weighted by atomic mass is 9.90. The predicted molar refractivity (Wildman–Crippen MR) is 132 cm³/mol. The van der Waals surface area contributed by atoms with Crippen molar-refractivity contribution >= 4 is 16.7 Å². The van der Waals surface area contributed by atoms with Crippen molar-refractivity contribution in [1.29, 1.82) is 0 Å². The maximum atomic E-state index is 12.4. The minimum Gasteiger partial charge on any atom is -0.455 e. The van der Waals surface area contributed by atoms with E-state index in [9.17, 15) is 9.00 Å². The van der Waals surface area contributed by atoms with E-state index in [2.05, 4.69) is 40.5 Å². The molecule has 33 heavy (non-hydrogen) atoms. The molecule has 1 saturated heterocycles. The van der Waals surface area contributed by atoms with Crippen LogP contribution in [-0.4, -0.2) is 41.2 Å². The van der Waals surface area contributed by atoms with E-state index in [1.807, 2.05) is 30.3 Å². The van der Waals surface area contributed by atoms with Crippen molar-refractivity contribution in [2.45, 2.75) is 36.3 Å². The molecule has 2 aromatic carbocycles. The van der Waals surface area contributed by atoms with Gasteiger partial charge in [-0.05, 0) is 81.1 Å². The molecule has 0 unspecified atom stereocenters. The van der Waals surface area contributed by atoms with Crippen LogP contribution >= 0.6 is 0 Å². The van der Waals surface area contributed by atoms with Crippen LogP contribution in [0.3, 0.4) is 0 Å². The highest BCUT2D eigenvalue weighted by molar-refractivity contribution is 7.84. The van der Waals surface area contributed by atoms with Gasteiger partial charge in [0.2, 0.25) is 0 Å². The summed E-state index contributed by atoms with van der Waals surface area (Å²) in [6.45, 7) is 3.88. The Kier molecular flexibility index (Phi) is 8.50. The van der Waals surface area contributed by atoms with Gasteiger partial charge < -0.3 is 14.6 Å². The van der Waals surface area contributed by atoms with E-state index in [-0.39, 0.29) is 17.4 Å². The van der Waals surface area contributed by atoms with Crippen LogP contribution in [0.25, 0.3) is 0 Å². The number of likely N-dealkylation sites (tertiary alicyclic amines) is 1. The molecule has 0 spiro atoms. The van der Waals surface area contributed by atoms with Crippen LogP contribution in [0.1, 0.15) is 41.1 Å². The SMILES string of the molecule is O=C(NCCCN1CCC(Cc2ccccc2)CC1)c1ccc(C[S@](=O)c2ccccc2)o1. The third kappa shape index (κ3) is 7.14. The topological polar surface area (TPSA) is 62.6 Å². The number of rotatable bonds is 10. The lowest BCUT2D eigenvalue weighted by molar-refractivity contribution is 0.0921. The highest BCUT2D eigenvalue weighted by Crippen LogP contribution is 2.21. The van der Waals surface area contributed by atoms with Gasteiger partial charge in [-0.1, -0.05) is 48.5 Å². The third-order valence-corrected chi connectivity index (χ3v) is 7.52. The molecule has 1 aliphatic rings. The summed E-state index contributed by atoms with van der Waals surface area (Å²) in [4.78, 5) is 15.6. The summed E-state index contributed by atoms with van der Waals surface area (Å²) >= 11 is 0. The van der Waals surface area contributed by atoms with Gasteiger partial charge in [-0.3, -0.25) is 9.00 Å². The highest BCUT2D eigenvalue weighted by Gasteiger charge is 2.19. The number of piperidine rings is 1. The number of benzene rings is 2. The van der Waals surface area contributed by atoms with Crippen molar-refractivity contribution in [3.63, 3.8) is 0 Å². The zero-order valence-corrected chi connectivity index (χ0v) is 19.8. The fraction of sp³-hybridized carbons (Fsp3) is 0.370. The average molecular weight is 465 g/mol. The first-order chi connectivity index (χ1) is 16.2. The first-order valence-electron chi connectivity index (χ1n) is 11.7. The second-order valence-corrected chi connectivity index (χ2v) is 10.1. The molecule has 5 nitrogen and oxygen atoms in total. The normalized spacial score (nSPS) is 15.9. The molecule has 0 radical (unpaired) electrons. The summed E-state index contributed by atoms with van der Waals surface area (Å²) in [7, 11) is -1.19. The first-order valence-corrected chi connectivity index (χ1v) is 13.1. The van der Waals surface area contributed by atoms with E-state index >= 15 is 0 Å². The van der Waals surface area contributed by atoms with E-state index in [0.717, 1.165) is 36.9 Å². The number of amides is 1. The molecular weight excluding hydrogens is 432 g/mol. The van der Waals surface area contributed by atoms with Crippen molar-refractivity contribution in [3.05, 3.63) is 89.9 Å². The van der Waals surface area contributed by atoms with Gasteiger partial charge in [0, 0.05) is 11.4 Å². The summed E-state index contributed by atoms with van der Waals surface area (Å²) in [5.74, 6) is 1.65. The van der Waals surface area contributed by atoms with Gasteiger partial charge in [0.15, 0.2) is 5.76 Å². The van der Waals surface area contributed by atoms with Gasteiger partial charge in [-0.15, -0.1) is 0 Å². The van der Waals surface area contributed by atoms with Crippen molar-refractivity contribution in [1.82, 2.24) is 10.2 Å². The average Bonchev–Trinajstić information content (AvgIpc) is 3.32.